The lowest BCUT2D eigenvalue weighted by Crippen LogP contribution is -2.16. The van der Waals surface area contributed by atoms with Crippen LogP contribution in [0, 0.1) is 6.92 Å². The van der Waals surface area contributed by atoms with Crippen LogP contribution in [0.3, 0.4) is 0 Å². The third-order valence-electron chi connectivity index (χ3n) is 3.88. The first-order chi connectivity index (χ1) is 11.5. The summed E-state index contributed by atoms with van der Waals surface area (Å²) in [4.78, 5) is 17.3. The molecular weight excluding hydrogens is 328 g/mol. The van der Waals surface area contributed by atoms with Crippen molar-refractivity contribution in [1.29, 1.82) is 0 Å². The lowest BCUT2D eigenvalue weighted by atomic mass is 10.3. The first-order valence-electron chi connectivity index (χ1n) is 7.51. The molecular formula is C16H16N4O3S. The second-order valence-electron chi connectivity index (χ2n) is 5.66. The molecule has 0 N–H and O–H groups in total. The van der Waals surface area contributed by atoms with Crippen molar-refractivity contribution in [3.63, 3.8) is 0 Å². The van der Waals surface area contributed by atoms with Crippen molar-refractivity contribution in [2.45, 2.75) is 6.92 Å². The maximum absolute atomic E-state index is 12.4. The van der Waals surface area contributed by atoms with Crippen molar-refractivity contribution >= 4 is 27.5 Å². The van der Waals surface area contributed by atoms with Crippen LogP contribution in [0.15, 0.2) is 23.3 Å². The lowest BCUT2D eigenvalue weighted by molar-refractivity contribution is 0.0992. The van der Waals surface area contributed by atoms with Crippen LogP contribution in [0.2, 0.25) is 0 Å². The van der Waals surface area contributed by atoms with Crippen LogP contribution in [0.1, 0.15) is 16.1 Å². The maximum atomic E-state index is 12.4. The fourth-order valence-corrected chi connectivity index (χ4v) is 3.76. The van der Waals surface area contributed by atoms with Crippen LogP contribution in [0.4, 0.5) is 0 Å². The molecule has 2 aromatic heterocycles. The number of hydrogen-bond donors (Lipinski definition) is 0. The minimum Gasteiger partial charge on any atom is -0.486 e. The number of ether oxygens (including phenoxy) is 2. The largest absolute Gasteiger partial charge is 0.486 e. The van der Waals surface area contributed by atoms with Gasteiger partial charge < -0.3 is 14.0 Å². The van der Waals surface area contributed by atoms with Gasteiger partial charge in [0.05, 0.1) is 10.2 Å². The number of aromatic nitrogens is 3. The fraction of sp³-hybridized carbons (Fsp3) is 0.312. The molecule has 1 aliphatic heterocycles. The van der Waals surface area contributed by atoms with Gasteiger partial charge in [-0.25, -0.2) is 0 Å². The zero-order valence-electron chi connectivity index (χ0n) is 13.6. The maximum Gasteiger partial charge on any atom is 0.300 e. The van der Waals surface area contributed by atoms with Gasteiger partial charge in [-0.3, -0.25) is 9.48 Å². The van der Waals surface area contributed by atoms with E-state index in [1.807, 2.05) is 30.7 Å². The summed E-state index contributed by atoms with van der Waals surface area (Å²) in [5, 5.41) is 4.18. The molecule has 0 aliphatic carbocycles. The van der Waals surface area contributed by atoms with E-state index in [0.717, 1.165) is 27.3 Å². The van der Waals surface area contributed by atoms with Crippen molar-refractivity contribution < 1.29 is 14.3 Å². The van der Waals surface area contributed by atoms with Crippen LogP contribution in [0.25, 0.3) is 10.2 Å². The molecule has 0 bridgehead atoms. The van der Waals surface area contributed by atoms with Crippen LogP contribution >= 0.6 is 11.3 Å². The molecule has 0 unspecified atom stereocenters. The summed E-state index contributed by atoms with van der Waals surface area (Å²) in [5.41, 5.74) is 2.14. The van der Waals surface area contributed by atoms with Gasteiger partial charge in [0.15, 0.2) is 22.0 Å². The number of hydrogen-bond acceptors (Lipinski definition) is 5. The summed E-state index contributed by atoms with van der Waals surface area (Å²) in [6.45, 7) is 2.94. The summed E-state index contributed by atoms with van der Waals surface area (Å²) in [5.74, 6) is 1.11. The van der Waals surface area contributed by atoms with Gasteiger partial charge >= 0.3 is 0 Å². The van der Waals surface area contributed by atoms with E-state index in [-0.39, 0.29) is 5.91 Å². The molecule has 0 spiro atoms. The minimum absolute atomic E-state index is 0.340. The molecule has 0 atom stereocenters. The second-order valence-corrected chi connectivity index (χ2v) is 6.67. The highest BCUT2D eigenvalue weighted by molar-refractivity contribution is 7.16. The Labute approximate surface area is 141 Å². The number of amides is 1. The Balaban J connectivity index is 1.83. The molecule has 0 radical (unpaired) electrons. The van der Waals surface area contributed by atoms with Crippen molar-refractivity contribution in [1.82, 2.24) is 14.3 Å². The predicted molar refractivity (Wildman–Crippen MR) is 89.6 cm³/mol. The van der Waals surface area contributed by atoms with E-state index in [2.05, 4.69) is 10.1 Å². The Hall–Kier alpha value is -2.61. The van der Waals surface area contributed by atoms with Crippen molar-refractivity contribution in [3.05, 3.63) is 34.4 Å². The van der Waals surface area contributed by atoms with Crippen molar-refractivity contribution in [3.8, 4) is 11.5 Å². The number of aryl methyl sites for hydroxylation is 3. The molecule has 3 heterocycles. The molecule has 0 fully saturated rings. The van der Waals surface area contributed by atoms with E-state index in [4.69, 9.17) is 9.47 Å². The molecule has 24 heavy (non-hydrogen) atoms. The average Bonchev–Trinajstić information content (AvgIpc) is 3.05. The Morgan fingerprint density at radius 1 is 1.25 bits per heavy atom. The highest BCUT2D eigenvalue weighted by Crippen LogP contribution is 2.35. The number of carbonyl (C=O) groups is 1. The molecule has 3 aromatic rings. The number of fused-ring (bicyclic) bond motifs is 2. The molecule has 1 amide bonds. The highest BCUT2D eigenvalue weighted by atomic mass is 32.1. The van der Waals surface area contributed by atoms with Crippen LogP contribution in [0.5, 0.6) is 11.5 Å². The molecule has 0 saturated heterocycles. The normalized spacial score (nSPS) is 14.4. The Morgan fingerprint density at radius 2 is 1.96 bits per heavy atom. The number of benzene rings is 1. The molecule has 4 rings (SSSR count). The number of nitrogens with zero attached hydrogens (tertiary/aromatic N) is 4. The molecule has 124 valence electrons. The standard InChI is InChI=1S/C16H16N4O3S/c1-9-8-19(2)18-14(9)15(21)17-16-20(3)10-6-11-12(7-13(10)24-16)23-5-4-22-11/h6-8H,4-5H2,1-3H3. The zero-order valence-corrected chi connectivity index (χ0v) is 14.4. The predicted octanol–water partition coefficient (Wildman–Crippen LogP) is 1.79. The van der Waals surface area contributed by atoms with Gasteiger partial charge in [-0.1, -0.05) is 11.3 Å². The van der Waals surface area contributed by atoms with Gasteiger partial charge in [-0.15, -0.1) is 0 Å². The number of rotatable bonds is 1. The number of carbonyl (C=O) groups excluding carboxylic acids is 1. The topological polar surface area (TPSA) is 70.6 Å². The molecule has 7 nitrogen and oxygen atoms in total. The lowest BCUT2D eigenvalue weighted by Gasteiger charge is -2.18. The van der Waals surface area contributed by atoms with E-state index in [1.165, 1.54) is 11.3 Å². The van der Waals surface area contributed by atoms with Crippen molar-refractivity contribution in [2.75, 3.05) is 13.2 Å². The average molecular weight is 344 g/mol. The Morgan fingerprint density at radius 3 is 2.62 bits per heavy atom. The third-order valence-corrected chi connectivity index (χ3v) is 4.98. The highest BCUT2D eigenvalue weighted by Gasteiger charge is 2.17. The summed E-state index contributed by atoms with van der Waals surface area (Å²) >= 11 is 1.44. The molecule has 0 saturated carbocycles. The molecule has 8 heteroatoms. The zero-order chi connectivity index (χ0) is 16.8. The van der Waals surface area contributed by atoms with Crippen LogP contribution in [-0.4, -0.2) is 33.5 Å². The van der Waals surface area contributed by atoms with Gasteiger partial charge in [0, 0.05) is 38.0 Å². The first-order valence-corrected chi connectivity index (χ1v) is 8.33. The summed E-state index contributed by atoms with van der Waals surface area (Å²) in [6.07, 6.45) is 1.80. The monoisotopic (exact) mass is 344 g/mol. The van der Waals surface area contributed by atoms with Crippen LogP contribution < -0.4 is 14.3 Å². The minimum atomic E-state index is -0.340. The summed E-state index contributed by atoms with van der Waals surface area (Å²) in [7, 11) is 3.67. The van der Waals surface area contributed by atoms with Crippen molar-refractivity contribution in [2.24, 2.45) is 19.1 Å². The third kappa shape index (κ3) is 2.39. The fourth-order valence-electron chi connectivity index (χ4n) is 2.73. The summed E-state index contributed by atoms with van der Waals surface area (Å²) < 4.78 is 15.7. The van der Waals surface area contributed by atoms with E-state index in [9.17, 15) is 4.79 Å². The van der Waals surface area contributed by atoms with Gasteiger partial charge in [-0.2, -0.15) is 10.1 Å². The van der Waals surface area contributed by atoms with E-state index < -0.39 is 0 Å². The van der Waals surface area contributed by atoms with Gasteiger partial charge in [0.1, 0.15) is 13.2 Å². The van der Waals surface area contributed by atoms with Gasteiger partial charge in [0.2, 0.25) is 0 Å². The Kier molecular flexibility index (Phi) is 3.42. The molecule has 1 aromatic carbocycles. The van der Waals surface area contributed by atoms with Gasteiger partial charge in [-0.05, 0) is 6.92 Å². The Bertz CT molecular complexity index is 1030. The smallest absolute Gasteiger partial charge is 0.300 e. The molecule has 1 aliphatic rings. The van der Waals surface area contributed by atoms with Crippen LogP contribution in [-0.2, 0) is 14.1 Å². The van der Waals surface area contributed by atoms with Gasteiger partial charge in [0.25, 0.3) is 5.91 Å². The quantitative estimate of drug-likeness (QED) is 0.675. The van der Waals surface area contributed by atoms with E-state index in [0.29, 0.717) is 23.7 Å². The first kappa shape index (κ1) is 14.9. The number of thiazole rings is 1. The summed E-state index contributed by atoms with van der Waals surface area (Å²) in [6, 6.07) is 3.86. The second kappa shape index (κ2) is 5.48. The SMILES string of the molecule is Cc1cn(C)nc1C(=O)N=c1sc2cc3c(cc2n1C)OCCO3. The van der Waals surface area contributed by atoms with E-state index in [1.54, 1.807) is 17.9 Å². The van der Waals surface area contributed by atoms with E-state index >= 15 is 0 Å².